The number of halogens is 2. The van der Waals surface area contributed by atoms with Gasteiger partial charge in [-0.2, -0.15) is 0 Å². The van der Waals surface area contributed by atoms with Crippen LogP contribution in [0.5, 0.6) is 0 Å². The maximum absolute atomic E-state index is 14.5. The Morgan fingerprint density at radius 2 is 1.74 bits per heavy atom. The summed E-state index contributed by atoms with van der Waals surface area (Å²) in [6.07, 6.45) is -0.492. The molecule has 0 amide bonds. The molecule has 1 N–H and O–H groups in total. The van der Waals surface area contributed by atoms with Gasteiger partial charge in [0.2, 0.25) is 0 Å². The zero-order valence-corrected chi connectivity index (χ0v) is 13.9. The number of aliphatic carboxylic acids is 1. The van der Waals surface area contributed by atoms with Crippen molar-refractivity contribution in [1.29, 1.82) is 0 Å². The molecule has 0 saturated carbocycles. The molecule has 1 aliphatic heterocycles. The maximum Gasteiger partial charge on any atom is 0.466 e. The molecule has 1 aliphatic rings. The van der Waals surface area contributed by atoms with Crippen LogP contribution in [0.4, 0.5) is 8.78 Å². The molecule has 0 bridgehead atoms. The first kappa shape index (κ1) is 17.9. The van der Waals surface area contributed by atoms with Crippen molar-refractivity contribution in [2.24, 2.45) is 0 Å². The number of rotatable bonds is 4. The summed E-state index contributed by atoms with van der Waals surface area (Å²) in [4.78, 5) is 11.2. The van der Waals surface area contributed by atoms with Crippen LogP contribution in [0.1, 0.15) is 51.1 Å². The molecule has 0 aliphatic carbocycles. The van der Waals surface area contributed by atoms with E-state index in [-0.39, 0.29) is 11.1 Å². The largest absolute Gasteiger partial charge is 0.481 e. The Kier molecular flexibility index (Phi) is 4.56. The molecule has 1 aromatic rings. The molecule has 1 heterocycles. The van der Waals surface area contributed by atoms with Gasteiger partial charge in [-0.3, -0.25) is 4.79 Å². The lowest BCUT2D eigenvalue weighted by Gasteiger charge is -2.32. The van der Waals surface area contributed by atoms with Crippen LogP contribution >= 0.6 is 0 Å². The molecule has 0 aromatic heterocycles. The lowest BCUT2D eigenvalue weighted by atomic mass is 9.65. The Balaban J connectivity index is 2.48. The Morgan fingerprint density at radius 1 is 1.22 bits per heavy atom. The molecule has 2 rings (SSSR count). The van der Waals surface area contributed by atoms with Crippen LogP contribution in [0.25, 0.3) is 0 Å². The average molecular weight is 326 g/mol. The number of aryl methyl sites for hydroxylation is 1. The summed E-state index contributed by atoms with van der Waals surface area (Å²) in [6, 6.07) is 2.45. The van der Waals surface area contributed by atoms with Crippen molar-refractivity contribution in [2.75, 3.05) is 0 Å². The first-order valence-electron chi connectivity index (χ1n) is 7.48. The fraction of sp³-hybridized carbons (Fsp3) is 0.562. The van der Waals surface area contributed by atoms with E-state index >= 15 is 0 Å². The first-order valence-corrected chi connectivity index (χ1v) is 7.48. The highest BCUT2D eigenvalue weighted by Gasteiger charge is 2.55. The summed E-state index contributed by atoms with van der Waals surface area (Å²) in [5, 5.41) is 9.16. The molecule has 0 spiro atoms. The molecule has 4 nitrogen and oxygen atoms in total. The van der Waals surface area contributed by atoms with E-state index in [0.717, 1.165) is 6.07 Å². The minimum atomic E-state index is -1.18. The molecule has 126 valence electrons. The maximum atomic E-state index is 14.5. The second-order valence-corrected chi connectivity index (χ2v) is 6.92. The third-order valence-corrected chi connectivity index (χ3v) is 4.68. The Hall–Kier alpha value is -1.47. The lowest BCUT2D eigenvalue weighted by molar-refractivity contribution is -0.137. The van der Waals surface area contributed by atoms with E-state index in [9.17, 15) is 13.6 Å². The van der Waals surface area contributed by atoms with Crippen LogP contribution in [0.3, 0.4) is 0 Å². The van der Waals surface area contributed by atoms with Gasteiger partial charge in [-0.1, -0.05) is 6.07 Å². The fourth-order valence-corrected chi connectivity index (χ4v) is 2.59. The van der Waals surface area contributed by atoms with Gasteiger partial charge in [-0.15, -0.1) is 0 Å². The molecular weight excluding hydrogens is 305 g/mol. The summed E-state index contributed by atoms with van der Waals surface area (Å²) in [5.74, 6) is -3.81. The standard InChI is InChI=1S/C16H21BF2O4/c1-9-6-7-11(18)13(14(9)19)10(8-12(20)21)17-22-15(2,3)16(4,5)23-17/h6-7,10H,8H2,1-5H3,(H,20,21). The number of hydrogen-bond acceptors (Lipinski definition) is 3. The predicted molar refractivity (Wildman–Crippen MR) is 82.2 cm³/mol. The topological polar surface area (TPSA) is 55.8 Å². The van der Waals surface area contributed by atoms with Crippen molar-refractivity contribution in [3.63, 3.8) is 0 Å². The van der Waals surface area contributed by atoms with Crippen LogP contribution in [0.15, 0.2) is 12.1 Å². The SMILES string of the molecule is Cc1ccc(F)c(C(CC(=O)O)B2OC(C)(C)C(C)(C)O2)c1F. The Labute approximate surface area is 134 Å². The van der Waals surface area contributed by atoms with Gasteiger partial charge in [0.1, 0.15) is 11.6 Å². The van der Waals surface area contributed by atoms with Crippen molar-refractivity contribution >= 4 is 13.1 Å². The molecular formula is C16H21BF2O4. The summed E-state index contributed by atoms with van der Waals surface area (Å²) in [6.45, 7) is 8.70. The van der Waals surface area contributed by atoms with Crippen LogP contribution < -0.4 is 0 Å². The predicted octanol–water partition coefficient (Wildman–Crippen LogP) is 3.46. The van der Waals surface area contributed by atoms with Gasteiger partial charge < -0.3 is 14.4 Å². The summed E-state index contributed by atoms with van der Waals surface area (Å²) >= 11 is 0. The third kappa shape index (κ3) is 3.26. The van der Waals surface area contributed by atoms with Crippen molar-refractivity contribution in [2.45, 2.75) is 58.1 Å². The Bertz CT molecular complexity index is 615. The van der Waals surface area contributed by atoms with E-state index in [1.165, 1.54) is 13.0 Å². The summed E-state index contributed by atoms with van der Waals surface area (Å²) in [7, 11) is -1.04. The molecule has 1 atom stereocenters. The molecule has 0 radical (unpaired) electrons. The van der Waals surface area contributed by atoms with Crippen molar-refractivity contribution in [3.8, 4) is 0 Å². The summed E-state index contributed by atoms with van der Waals surface area (Å²) in [5.41, 5.74) is -1.49. The van der Waals surface area contributed by atoms with E-state index in [1.807, 2.05) is 0 Å². The van der Waals surface area contributed by atoms with Gasteiger partial charge in [0, 0.05) is 11.4 Å². The van der Waals surface area contributed by atoms with Crippen LogP contribution in [-0.2, 0) is 14.1 Å². The highest BCUT2D eigenvalue weighted by molar-refractivity contribution is 6.48. The normalized spacial score (nSPS) is 20.6. The quantitative estimate of drug-likeness (QED) is 0.861. The number of carbonyl (C=O) groups is 1. The van der Waals surface area contributed by atoms with Gasteiger partial charge in [0.05, 0.1) is 17.6 Å². The first-order chi connectivity index (χ1) is 10.5. The van der Waals surface area contributed by atoms with E-state index in [2.05, 4.69) is 0 Å². The lowest BCUT2D eigenvalue weighted by Crippen LogP contribution is -2.41. The zero-order chi connectivity index (χ0) is 17.6. The second-order valence-electron chi connectivity index (χ2n) is 6.92. The summed E-state index contributed by atoms with van der Waals surface area (Å²) < 4.78 is 40.3. The monoisotopic (exact) mass is 326 g/mol. The molecule has 1 aromatic carbocycles. The van der Waals surface area contributed by atoms with Crippen molar-refractivity contribution in [1.82, 2.24) is 0 Å². The van der Waals surface area contributed by atoms with E-state index in [0.29, 0.717) is 0 Å². The molecule has 23 heavy (non-hydrogen) atoms. The average Bonchev–Trinajstić information content (AvgIpc) is 2.61. The van der Waals surface area contributed by atoms with Crippen LogP contribution in [-0.4, -0.2) is 29.4 Å². The molecule has 1 fully saturated rings. The zero-order valence-electron chi connectivity index (χ0n) is 13.9. The van der Waals surface area contributed by atoms with E-state index < -0.39 is 48.2 Å². The molecule has 1 saturated heterocycles. The smallest absolute Gasteiger partial charge is 0.466 e. The van der Waals surface area contributed by atoms with Gasteiger partial charge in [-0.25, -0.2) is 8.78 Å². The number of benzene rings is 1. The van der Waals surface area contributed by atoms with Gasteiger partial charge in [-0.05, 0) is 46.2 Å². The van der Waals surface area contributed by atoms with Crippen LogP contribution in [0.2, 0.25) is 0 Å². The van der Waals surface area contributed by atoms with Gasteiger partial charge in [0.15, 0.2) is 0 Å². The number of hydrogen-bond donors (Lipinski definition) is 1. The number of carboxylic acids is 1. The van der Waals surface area contributed by atoms with Crippen LogP contribution in [0, 0.1) is 18.6 Å². The Morgan fingerprint density at radius 3 is 2.22 bits per heavy atom. The van der Waals surface area contributed by atoms with Gasteiger partial charge in [0.25, 0.3) is 0 Å². The van der Waals surface area contributed by atoms with Crippen molar-refractivity contribution < 1.29 is 28.0 Å². The van der Waals surface area contributed by atoms with E-state index in [4.69, 9.17) is 14.4 Å². The van der Waals surface area contributed by atoms with E-state index in [1.54, 1.807) is 27.7 Å². The second kappa shape index (κ2) is 5.87. The molecule has 7 heteroatoms. The molecule has 1 unspecified atom stereocenters. The number of carboxylic acid groups (broad SMARTS) is 1. The highest BCUT2D eigenvalue weighted by Crippen LogP contribution is 2.42. The van der Waals surface area contributed by atoms with Gasteiger partial charge >= 0.3 is 13.1 Å². The minimum absolute atomic E-state index is 0.244. The fourth-order valence-electron chi connectivity index (χ4n) is 2.59. The third-order valence-electron chi connectivity index (χ3n) is 4.68. The van der Waals surface area contributed by atoms with Crippen molar-refractivity contribution in [3.05, 3.63) is 34.9 Å². The minimum Gasteiger partial charge on any atom is -0.481 e. The highest BCUT2D eigenvalue weighted by atomic mass is 19.1.